The summed E-state index contributed by atoms with van der Waals surface area (Å²) in [5.41, 5.74) is 5.21. The number of halogens is 1. The van der Waals surface area contributed by atoms with Gasteiger partial charge in [0, 0.05) is 11.6 Å². The Bertz CT molecular complexity index is 1340. The van der Waals surface area contributed by atoms with Gasteiger partial charge in [0.2, 0.25) is 5.91 Å². The van der Waals surface area contributed by atoms with E-state index in [-0.39, 0.29) is 29.8 Å². The Labute approximate surface area is 204 Å². The van der Waals surface area contributed by atoms with Gasteiger partial charge in [-0.1, -0.05) is 60.2 Å². The van der Waals surface area contributed by atoms with Crippen LogP contribution in [0.1, 0.15) is 60.0 Å². The van der Waals surface area contributed by atoms with Crippen molar-refractivity contribution < 1.29 is 4.79 Å². The number of aromatic amines is 1. The molecule has 0 atom stereocenters. The van der Waals surface area contributed by atoms with Gasteiger partial charge < -0.3 is 9.88 Å². The van der Waals surface area contributed by atoms with Crippen molar-refractivity contribution in [1.29, 1.82) is 0 Å². The van der Waals surface area contributed by atoms with E-state index in [1.54, 1.807) is 11.0 Å². The number of fused-ring (bicyclic) bond motifs is 1. The van der Waals surface area contributed by atoms with Gasteiger partial charge in [-0.05, 0) is 61.4 Å². The lowest BCUT2D eigenvalue weighted by Crippen LogP contribution is -2.34. The summed E-state index contributed by atoms with van der Waals surface area (Å²) in [5, 5.41) is 0.613. The number of aromatic nitrogens is 2. The molecule has 0 saturated heterocycles. The highest BCUT2D eigenvalue weighted by Gasteiger charge is 2.48. The maximum Gasteiger partial charge on any atom is 0.256 e. The van der Waals surface area contributed by atoms with Crippen LogP contribution in [0.25, 0.3) is 5.57 Å². The second kappa shape index (κ2) is 8.88. The summed E-state index contributed by atoms with van der Waals surface area (Å²) in [5.74, 6) is 0.739. The monoisotopic (exact) mass is 473 g/mol. The van der Waals surface area contributed by atoms with Crippen LogP contribution in [0.2, 0.25) is 5.02 Å². The summed E-state index contributed by atoms with van der Waals surface area (Å²) in [6.45, 7) is 6.96. The third-order valence-corrected chi connectivity index (χ3v) is 7.24. The molecule has 2 aliphatic rings. The predicted octanol–water partition coefficient (Wildman–Crippen LogP) is 5.05. The highest BCUT2D eigenvalue weighted by molar-refractivity contribution is 6.30. The fraction of sp³-hybridized carbons (Fsp3) is 0.321. The molecule has 0 unspecified atom stereocenters. The van der Waals surface area contributed by atoms with Gasteiger partial charge in [-0.2, -0.15) is 0 Å². The summed E-state index contributed by atoms with van der Waals surface area (Å²) in [6.07, 6.45) is 3.65. The Morgan fingerprint density at radius 2 is 2.00 bits per heavy atom. The lowest BCUT2D eigenvalue weighted by molar-refractivity contribution is -0.131. The van der Waals surface area contributed by atoms with E-state index in [1.165, 1.54) is 5.56 Å². The molecule has 1 fully saturated rings. The van der Waals surface area contributed by atoms with Crippen molar-refractivity contribution in [2.75, 3.05) is 6.54 Å². The molecule has 1 aliphatic carbocycles. The van der Waals surface area contributed by atoms with Gasteiger partial charge in [0.05, 0.1) is 29.6 Å². The lowest BCUT2D eigenvalue weighted by atomic mass is 9.92. The van der Waals surface area contributed by atoms with Crippen molar-refractivity contribution in [1.82, 2.24) is 14.9 Å². The highest BCUT2D eigenvalue weighted by Crippen LogP contribution is 2.52. The van der Waals surface area contributed by atoms with Crippen LogP contribution in [0.4, 0.5) is 0 Å². The van der Waals surface area contributed by atoms with Gasteiger partial charge in [-0.15, -0.1) is 0 Å². The molecular weight excluding hydrogens is 446 g/mol. The van der Waals surface area contributed by atoms with Crippen molar-refractivity contribution >= 4 is 23.1 Å². The molecule has 6 heteroatoms. The average Bonchev–Trinajstić information content (AvgIpc) is 3.63. The van der Waals surface area contributed by atoms with E-state index in [4.69, 9.17) is 16.6 Å². The number of amides is 1. The second-order valence-corrected chi connectivity index (χ2v) is 9.95. The van der Waals surface area contributed by atoms with Gasteiger partial charge in [0.25, 0.3) is 5.56 Å². The molecule has 2 aromatic carbocycles. The van der Waals surface area contributed by atoms with Gasteiger partial charge in [0.1, 0.15) is 5.82 Å². The van der Waals surface area contributed by atoms with Crippen molar-refractivity contribution in [2.24, 2.45) is 0 Å². The molecule has 2 heterocycles. The van der Waals surface area contributed by atoms with E-state index in [9.17, 15) is 9.59 Å². The van der Waals surface area contributed by atoms with Crippen LogP contribution in [-0.2, 0) is 29.6 Å². The predicted molar refractivity (Wildman–Crippen MR) is 135 cm³/mol. The third-order valence-electron chi connectivity index (χ3n) is 7.00. The van der Waals surface area contributed by atoms with Crippen molar-refractivity contribution in [2.45, 2.75) is 51.0 Å². The van der Waals surface area contributed by atoms with Gasteiger partial charge in [-0.3, -0.25) is 9.59 Å². The molecule has 1 N–H and O–H groups in total. The van der Waals surface area contributed by atoms with Crippen molar-refractivity contribution in [3.8, 4) is 0 Å². The van der Waals surface area contributed by atoms with Crippen LogP contribution < -0.4 is 5.56 Å². The van der Waals surface area contributed by atoms with Crippen LogP contribution in [-0.4, -0.2) is 27.3 Å². The average molecular weight is 474 g/mol. The van der Waals surface area contributed by atoms with Crippen molar-refractivity contribution in [3.05, 3.63) is 104 Å². The lowest BCUT2D eigenvalue weighted by Gasteiger charge is -2.21. The van der Waals surface area contributed by atoms with E-state index in [0.717, 1.165) is 47.5 Å². The summed E-state index contributed by atoms with van der Waals surface area (Å²) in [4.78, 5) is 36.1. The van der Waals surface area contributed by atoms with Crippen molar-refractivity contribution in [3.63, 3.8) is 0 Å². The first-order valence-corrected chi connectivity index (χ1v) is 12.1. The maximum atomic E-state index is 13.2. The molecule has 1 aromatic heterocycles. The first-order valence-electron chi connectivity index (χ1n) is 11.8. The number of carbonyl (C=O) groups excluding carboxylic acids is 1. The van der Waals surface area contributed by atoms with E-state index in [1.807, 2.05) is 31.2 Å². The number of H-pyrrole nitrogens is 1. The Morgan fingerprint density at radius 1 is 1.21 bits per heavy atom. The molecule has 0 bridgehead atoms. The molecular formula is C28H28ClN3O2. The smallest absolute Gasteiger partial charge is 0.256 e. The Kier molecular flexibility index (Phi) is 5.90. The molecule has 5 rings (SSSR count). The minimum Gasteiger partial charge on any atom is -0.338 e. The zero-order valence-electron chi connectivity index (χ0n) is 19.4. The number of carbonyl (C=O) groups is 1. The molecule has 174 valence electrons. The molecule has 5 nitrogen and oxygen atoms in total. The Morgan fingerprint density at radius 3 is 2.74 bits per heavy atom. The summed E-state index contributed by atoms with van der Waals surface area (Å²) >= 11 is 6.07. The SMILES string of the molecule is C=C(C)c1cccc(C2(c3nc4c(c(=O)[nH]3)CN(C(=O)Cc3cccc(Cl)c3)CCC4)CC2)c1. The Balaban J connectivity index is 1.42. The van der Waals surface area contributed by atoms with Crippen LogP contribution in [0.3, 0.4) is 0 Å². The van der Waals surface area contributed by atoms with E-state index in [2.05, 4.69) is 29.8 Å². The molecule has 1 amide bonds. The highest BCUT2D eigenvalue weighted by atomic mass is 35.5. The number of nitrogens with zero attached hydrogens (tertiary/aromatic N) is 2. The van der Waals surface area contributed by atoms with Crippen LogP contribution in [0.5, 0.6) is 0 Å². The van der Waals surface area contributed by atoms with Crippen LogP contribution in [0, 0.1) is 0 Å². The van der Waals surface area contributed by atoms with Crippen LogP contribution in [0.15, 0.2) is 59.9 Å². The number of hydrogen-bond acceptors (Lipinski definition) is 3. The van der Waals surface area contributed by atoms with Gasteiger partial charge in [0.15, 0.2) is 0 Å². The number of allylic oxidation sites excluding steroid dienone is 1. The molecule has 1 saturated carbocycles. The molecule has 0 spiro atoms. The van der Waals surface area contributed by atoms with E-state index in [0.29, 0.717) is 23.6 Å². The number of benzene rings is 2. The van der Waals surface area contributed by atoms with E-state index >= 15 is 0 Å². The molecule has 0 radical (unpaired) electrons. The largest absolute Gasteiger partial charge is 0.338 e. The van der Waals surface area contributed by atoms with Gasteiger partial charge >= 0.3 is 0 Å². The minimum atomic E-state index is -0.242. The van der Waals surface area contributed by atoms with Gasteiger partial charge in [-0.25, -0.2) is 4.98 Å². The summed E-state index contributed by atoms with van der Waals surface area (Å²) in [7, 11) is 0. The standard InChI is InChI=1S/C28H28ClN3O2/c1-18(2)20-7-4-8-21(16-20)28(11-12-28)27-30-24-10-5-13-32(17-23(24)26(34)31-27)25(33)15-19-6-3-9-22(29)14-19/h3-4,6-9,14,16H,1,5,10-13,15,17H2,2H3,(H,30,31,34). The summed E-state index contributed by atoms with van der Waals surface area (Å²) < 4.78 is 0. The molecule has 1 aliphatic heterocycles. The normalized spacial score (nSPS) is 16.5. The first-order chi connectivity index (χ1) is 16.4. The number of nitrogens with one attached hydrogen (secondary N) is 1. The topological polar surface area (TPSA) is 66.1 Å². The fourth-order valence-corrected chi connectivity index (χ4v) is 5.08. The number of aryl methyl sites for hydroxylation is 1. The van der Waals surface area contributed by atoms with Crippen LogP contribution >= 0.6 is 11.6 Å². The summed E-state index contributed by atoms with van der Waals surface area (Å²) in [6, 6.07) is 15.7. The maximum absolute atomic E-state index is 13.2. The minimum absolute atomic E-state index is 0.00568. The quantitative estimate of drug-likeness (QED) is 0.563. The zero-order chi connectivity index (χ0) is 23.9. The molecule has 3 aromatic rings. The molecule has 34 heavy (non-hydrogen) atoms. The zero-order valence-corrected chi connectivity index (χ0v) is 20.1. The number of hydrogen-bond donors (Lipinski definition) is 1. The Hall–Kier alpha value is -3.18. The fourth-order valence-electron chi connectivity index (χ4n) is 4.86. The van der Waals surface area contributed by atoms with E-state index < -0.39 is 0 Å². The third kappa shape index (κ3) is 4.32. The first kappa shape index (κ1) is 22.6. The second-order valence-electron chi connectivity index (χ2n) is 9.51. The number of rotatable bonds is 5.